The number of aromatic nitrogens is 2. The van der Waals surface area contributed by atoms with Crippen molar-refractivity contribution in [1.82, 2.24) is 19.8 Å². The van der Waals surface area contributed by atoms with E-state index in [4.69, 9.17) is 26.1 Å². The highest BCUT2D eigenvalue weighted by Crippen LogP contribution is 2.42. The van der Waals surface area contributed by atoms with E-state index in [0.29, 0.717) is 67.8 Å². The molecule has 1 aromatic heterocycles. The molecule has 0 aliphatic carbocycles. The van der Waals surface area contributed by atoms with Crippen LogP contribution in [0.5, 0.6) is 11.8 Å². The third-order valence-corrected chi connectivity index (χ3v) is 10.9. The monoisotopic (exact) mass is 695 g/mol. The molecule has 2 fully saturated rings. The number of rotatable bonds is 7. The van der Waals surface area contributed by atoms with Gasteiger partial charge in [0.2, 0.25) is 0 Å². The van der Waals surface area contributed by atoms with Gasteiger partial charge >= 0.3 is 18.2 Å². The summed E-state index contributed by atoms with van der Waals surface area (Å²) >= 11 is 6.81. The molecule has 14 heteroatoms. The molecule has 0 atom stereocenters. The lowest BCUT2D eigenvalue weighted by Crippen LogP contribution is -2.48. The summed E-state index contributed by atoms with van der Waals surface area (Å²) in [5.74, 6) is -0.340. The summed E-state index contributed by atoms with van der Waals surface area (Å²) in [5.41, 5.74) is 0.492. The van der Waals surface area contributed by atoms with Crippen molar-refractivity contribution in [2.45, 2.75) is 44.6 Å². The number of carbonyl (C=O) groups is 2. The first-order valence-electron chi connectivity index (χ1n) is 16.1. The van der Waals surface area contributed by atoms with Crippen LogP contribution in [-0.2, 0) is 4.74 Å². The van der Waals surface area contributed by atoms with E-state index in [1.165, 1.54) is 11.0 Å². The van der Waals surface area contributed by atoms with E-state index < -0.39 is 20.0 Å². The van der Waals surface area contributed by atoms with E-state index in [1.54, 1.807) is 17.0 Å². The Kier molecular flexibility index (Phi) is 9.52. The van der Waals surface area contributed by atoms with Crippen LogP contribution >= 0.6 is 11.6 Å². The van der Waals surface area contributed by atoms with Crippen molar-refractivity contribution in [3.63, 3.8) is 0 Å². The highest BCUT2D eigenvalue weighted by atomic mass is 35.5. The van der Waals surface area contributed by atoms with Crippen LogP contribution in [0.1, 0.15) is 12.8 Å². The fraction of sp³-hybridized carbons (Fsp3) is 0.412. The number of halogens is 2. The molecule has 0 saturated carbocycles. The quantitative estimate of drug-likeness (QED) is 0.195. The van der Waals surface area contributed by atoms with Crippen LogP contribution in [0.15, 0.2) is 42.5 Å². The van der Waals surface area contributed by atoms with Crippen molar-refractivity contribution >= 4 is 59.4 Å². The Labute approximate surface area is 283 Å². The largest absolute Gasteiger partial charge is 0.508 e. The predicted molar refractivity (Wildman–Crippen MR) is 186 cm³/mol. The second-order valence-corrected chi connectivity index (χ2v) is 19.5. The Morgan fingerprint density at radius 1 is 0.979 bits per heavy atom. The van der Waals surface area contributed by atoms with E-state index in [9.17, 15) is 19.8 Å². The van der Waals surface area contributed by atoms with Gasteiger partial charge in [0.1, 0.15) is 23.2 Å². The SMILES string of the molecule is C[Si](C)(C)CCOC(=O)N1CCC(Oc2nc(N3CCN(C(=O)O)CC3)c3cc(Cl)c(-c4cc(O)cc5ccccc45)c(F)c3n2)CC1. The summed E-state index contributed by atoms with van der Waals surface area (Å²) in [7, 11) is -1.33. The summed E-state index contributed by atoms with van der Waals surface area (Å²) in [4.78, 5) is 38.3. The van der Waals surface area contributed by atoms with E-state index in [0.717, 1.165) is 11.4 Å². The summed E-state index contributed by atoms with van der Waals surface area (Å²) in [6, 6.07) is 12.9. The molecule has 11 nitrogen and oxygen atoms in total. The van der Waals surface area contributed by atoms with Crippen molar-refractivity contribution in [2.24, 2.45) is 0 Å². The molecule has 6 rings (SSSR count). The number of likely N-dealkylation sites (tertiary alicyclic amines) is 1. The molecule has 3 aromatic carbocycles. The van der Waals surface area contributed by atoms with Crippen molar-refractivity contribution in [2.75, 3.05) is 50.8 Å². The van der Waals surface area contributed by atoms with Crippen LogP contribution in [0.2, 0.25) is 30.7 Å². The van der Waals surface area contributed by atoms with Gasteiger partial charge in [0.05, 0.1) is 11.6 Å². The van der Waals surface area contributed by atoms with Gasteiger partial charge < -0.3 is 34.4 Å². The van der Waals surface area contributed by atoms with Gasteiger partial charge in [-0.3, -0.25) is 0 Å². The van der Waals surface area contributed by atoms with Crippen LogP contribution in [-0.4, -0.2) is 102 Å². The van der Waals surface area contributed by atoms with Crippen molar-refractivity contribution in [1.29, 1.82) is 0 Å². The highest BCUT2D eigenvalue weighted by Gasteiger charge is 2.30. The topological polar surface area (TPSA) is 129 Å². The summed E-state index contributed by atoms with van der Waals surface area (Å²) in [5, 5.41) is 21.9. The minimum Gasteiger partial charge on any atom is -0.508 e. The lowest BCUT2D eigenvalue weighted by molar-refractivity contribution is 0.0670. The number of amides is 2. The number of carboxylic acid groups (broad SMARTS) is 1. The Balaban J connectivity index is 1.32. The maximum atomic E-state index is 16.8. The maximum Gasteiger partial charge on any atom is 0.409 e. The molecule has 4 aromatic rings. The van der Waals surface area contributed by atoms with Crippen LogP contribution in [0, 0.1) is 5.82 Å². The number of fused-ring (bicyclic) bond motifs is 2. The maximum absolute atomic E-state index is 16.8. The van der Waals surface area contributed by atoms with E-state index >= 15 is 4.39 Å². The predicted octanol–water partition coefficient (Wildman–Crippen LogP) is 7.07. The summed E-state index contributed by atoms with van der Waals surface area (Å²) in [6.45, 7) is 9.12. The van der Waals surface area contributed by atoms with Gasteiger partial charge in [0, 0.05) is 71.1 Å². The Morgan fingerprint density at radius 2 is 1.69 bits per heavy atom. The number of aromatic hydroxyl groups is 1. The molecule has 2 aliphatic heterocycles. The molecular formula is C34H39ClFN5O6Si. The molecule has 0 spiro atoms. The van der Waals surface area contributed by atoms with Gasteiger partial charge in [-0.2, -0.15) is 9.97 Å². The van der Waals surface area contributed by atoms with Crippen LogP contribution in [0.4, 0.5) is 19.8 Å². The van der Waals surface area contributed by atoms with Crippen LogP contribution in [0.3, 0.4) is 0 Å². The van der Waals surface area contributed by atoms with Gasteiger partial charge in [-0.25, -0.2) is 14.0 Å². The number of anilines is 1. The van der Waals surface area contributed by atoms with Crippen molar-refractivity contribution in [3.8, 4) is 22.9 Å². The number of phenols is 1. The number of hydrogen-bond donors (Lipinski definition) is 2. The van der Waals surface area contributed by atoms with Gasteiger partial charge in [-0.15, -0.1) is 0 Å². The van der Waals surface area contributed by atoms with Crippen molar-refractivity contribution < 1.29 is 33.7 Å². The number of ether oxygens (including phenoxy) is 2. The Morgan fingerprint density at radius 3 is 2.38 bits per heavy atom. The summed E-state index contributed by atoms with van der Waals surface area (Å²) < 4.78 is 28.6. The molecule has 0 radical (unpaired) electrons. The van der Waals surface area contributed by atoms with E-state index in [-0.39, 0.29) is 53.1 Å². The van der Waals surface area contributed by atoms with Gasteiger partial charge in [-0.1, -0.05) is 55.5 Å². The second-order valence-electron chi connectivity index (χ2n) is 13.5. The molecule has 2 amide bonds. The molecule has 2 aliphatic rings. The molecular weight excluding hydrogens is 657 g/mol. The van der Waals surface area contributed by atoms with Crippen LogP contribution < -0.4 is 9.64 Å². The number of hydrogen-bond acceptors (Lipinski definition) is 8. The third kappa shape index (κ3) is 7.21. The number of benzene rings is 3. The number of phenolic OH excluding ortho intramolecular Hbond substituents is 1. The summed E-state index contributed by atoms with van der Waals surface area (Å²) in [6.07, 6.45) is -0.631. The number of nitrogens with zero attached hydrogens (tertiary/aromatic N) is 5. The van der Waals surface area contributed by atoms with E-state index in [1.807, 2.05) is 29.2 Å². The first kappa shape index (κ1) is 33.5. The number of piperazine rings is 1. The second kappa shape index (κ2) is 13.6. The normalized spacial score (nSPS) is 16.1. The van der Waals surface area contributed by atoms with Gasteiger partial charge in [0.25, 0.3) is 0 Å². The minimum absolute atomic E-state index is 0.00843. The fourth-order valence-corrected chi connectivity index (χ4v) is 7.16. The first-order chi connectivity index (χ1) is 22.9. The Hall–Kier alpha value is -4.36. The molecule has 48 heavy (non-hydrogen) atoms. The number of piperidine rings is 1. The lowest BCUT2D eigenvalue weighted by Gasteiger charge is -2.35. The number of carbonyl (C=O) groups excluding carboxylic acids is 1. The first-order valence-corrected chi connectivity index (χ1v) is 20.2. The van der Waals surface area contributed by atoms with E-state index in [2.05, 4.69) is 24.6 Å². The molecule has 0 unspecified atom stereocenters. The smallest absolute Gasteiger partial charge is 0.409 e. The van der Waals surface area contributed by atoms with Crippen molar-refractivity contribution in [3.05, 3.63) is 53.3 Å². The standard InChI is InChI=1S/C34H39ClFN5O6Si/c1-48(2,3)17-16-46-34(45)41-10-8-23(9-11-41)47-32-37-30-26(31(38-32)39-12-14-40(15-13-39)33(43)44)20-27(35)28(29(30)36)25-19-22(42)18-21-6-4-5-7-24(21)25/h4-7,18-20,23,42H,8-17H2,1-3H3,(H,43,44). The van der Waals surface area contributed by atoms with Gasteiger partial charge in [0.15, 0.2) is 5.82 Å². The molecule has 2 N–H and O–H groups in total. The fourth-order valence-electron chi connectivity index (χ4n) is 6.15. The molecule has 3 heterocycles. The average molecular weight is 696 g/mol. The van der Waals surface area contributed by atoms with Gasteiger partial charge in [-0.05, 0) is 40.6 Å². The molecule has 2 saturated heterocycles. The third-order valence-electron chi connectivity index (χ3n) is 8.86. The lowest BCUT2D eigenvalue weighted by atomic mass is 9.96. The average Bonchev–Trinajstić information content (AvgIpc) is 3.04. The zero-order chi connectivity index (χ0) is 34.2. The molecule has 254 valence electrons. The highest BCUT2D eigenvalue weighted by molar-refractivity contribution is 6.76. The molecule has 0 bridgehead atoms. The van der Waals surface area contributed by atoms with Crippen LogP contribution in [0.25, 0.3) is 32.8 Å². The minimum atomic E-state index is -1.33. The zero-order valence-electron chi connectivity index (χ0n) is 27.2. The Bertz CT molecular complexity index is 1860. The zero-order valence-corrected chi connectivity index (χ0v) is 29.0.